The second-order valence-corrected chi connectivity index (χ2v) is 4.73. The molecule has 0 unspecified atom stereocenters. The molecule has 2 aromatic rings. The highest BCUT2D eigenvalue weighted by Gasteiger charge is 2.10. The molecule has 1 atom stereocenters. The average molecular weight is 262 g/mol. The summed E-state index contributed by atoms with van der Waals surface area (Å²) in [5, 5.41) is 13.8. The number of hydrogen-bond acceptors (Lipinski definition) is 2. The fourth-order valence-electron chi connectivity index (χ4n) is 1.85. The molecule has 0 saturated carbocycles. The molecule has 94 valence electrons. The van der Waals surface area contributed by atoms with E-state index in [2.05, 4.69) is 17.4 Å². The van der Waals surface area contributed by atoms with Gasteiger partial charge >= 0.3 is 0 Å². The highest BCUT2D eigenvalue weighted by Crippen LogP contribution is 2.27. The molecule has 0 aliphatic carbocycles. The fourth-order valence-corrected chi connectivity index (χ4v) is 2.03. The zero-order valence-corrected chi connectivity index (χ0v) is 11.0. The molecular weight excluding hydrogens is 246 g/mol. The number of halogens is 1. The summed E-state index contributed by atoms with van der Waals surface area (Å²) in [5.41, 5.74) is 2.03. The van der Waals surface area contributed by atoms with Crippen LogP contribution in [0, 0.1) is 0 Å². The highest BCUT2D eigenvalue weighted by molar-refractivity contribution is 6.30. The Morgan fingerprint density at radius 3 is 2.61 bits per heavy atom. The zero-order valence-electron chi connectivity index (χ0n) is 10.2. The van der Waals surface area contributed by atoms with E-state index < -0.39 is 0 Å². The number of rotatable bonds is 4. The second kappa shape index (κ2) is 5.89. The minimum Gasteiger partial charge on any atom is -0.508 e. The third kappa shape index (κ3) is 3.25. The first-order valence-electron chi connectivity index (χ1n) is 5.92. The number of phenolic OH excluding ortho intramolecular Hbond substituents is 1. The van der Waals surface area contributed by atoms with E-state index in [0.717, 1.165) is 12.1 Å². The van der Waals surface area contributed by atoms with E-state index >= 15 is 0 Å². The fraction of sp³-hybridized carbons (Fsp3) is 0.200. The first-order chi connectivity index (χ1) is 8.66. The molecule has 2 N–H and O–H groups in total. The van der Waals surface area contributed by atoms with Gasteiger partial charge in [-0.05, 0) is 30.7 Å². The van der Waals surface area contributed by atoms with E-state index in [9.17, 15) is 5.11 Å². The third-order valence-corrected chi connectivity index (χ3v) is 3.15. The van der Waals surface area contributed by atoms with Crippen molar-refractivity contribution in [3.05, 3.63) is 64.7 Å². The Labute approximate surface area is 112 Å². The molecule has 2 nitrogen and oxygen atoms in total. The molecule has 2 aromatic carbocycles. The number of benzene rings is 2. The van der Waals surface area contributed by atoms with E-state index in [-0.39, 0.29) is 11.8 Å². The maximum absolute atomic E-state index is 9.80. The minimum atomic E-state index is 0.0453. The lowest BCUT2D eigenvalue weighted by Gasteiger charge is -2.16. The molecule has 0 radical (unpaired) electrons. The largest absolute Gasteiger partial charge is 0.508 e. The quantitative estimate of drug-likeness (QED) is 0.875. The van der Waals surface area contributed by atoms with Crippen LogP contribution >= 0.6 is 11.6 Å². The molecule has 3 heteroatoms. The lowest BCUT2D eigenvalue weighted by Crippen LogP contribution is -2.18. The van der Waals surface area contributed by atoms with E-state index in [1.165, 1.54) is 5.56 Å². The van der Waals surface area contributed by atoms with E-state index in [4.69, 9.17) is 11.6 Å². The van der Waals surface area contributed by atoms with Gasteiger partial charge in [0.1, 0.15) is 5.75 Å². The molecule has 0 aliphatic heterocycles. The van der Waals surface area contributed by atoms with Crippen molar-refractivity contribution in [3.63, 3.8) is 0 Å². The van der Waals surface area contributed by atoms with Gasteiger partial charge in [-0.25, -0.2) is 0 Å². The van der Waals surface area contributed by atoms with Crippen molar-refractivity contribution >= 4 is 11.6 Å². The summed E-state index contributed by atoms with van der Waals surface area (Å²) in [7, 11) is 0. The normalized spacial score (nSPS) is 12.3. The van der Waals surface area contributed by atoms with Crippen LogP contribution in [-0.2, 0) is 6.54 Å². The van der Waals surface area contributed by atoms with Crippen LogP contribution < -0.4 is 5.32 Å². The number of hydrogen-bond donors (Lipinski definition) is 2. The van der Waals surface area contributed by atoms with Gasteiger partial charge in [-0.2, -0.15) is 0 Å². The molecule has 2 rings (SSSR count). The summed E-state index contributed by atoms with van der Waals surface area (Å²) in [4.78, 5) is 0. The van der Waals surface area contributed by atoms with Crippen molar-refractivity contribution in [2.24, 2.45) is 0 Å². The van der Waals surface area contributed by atoms with Crippen LogP contribution in [0.3, 0.4) is 0 Å². The van der Waals surface area contributed by atoms with Gasteiger partial charge < -0.3 is 10.4 Å². The van der Waals surface area contributed by atoms with Crippen molar-refractivity contribution in [3.8, 4) is 5.75 Å². The Balaban J connectivity index is 2.03. The van der Waals surface area contributed by atoms with Gasteiger partial charge in [0.25, 0.3) is 0 Å². The molecule has 0 amide bonds. The molecule has 0 fully saturated rings. The van der Waals surface area contributed by atoms with Gasteiger partial charge in [-0.15, -0.1) is 0 Å². The first kappa shape index (κ1) is 12.9. The van der Waals surface area contributed by atoms with Crippen LogP contribution in [0.1, 0.15) is 24.1 Å². The number of nitrogens with one attached hydrogen (secondary N) is 1. The van der Waals surface area contributed by atoms with E-state index in [1.54, 1.807) is 18.2 Å². The van der Waals surface area contributed by atoms with E-state index in [0.29, 0.717) is 5.02 Å². The van der Waals surface area contributed by atoms with Gasteiger partial charge in [0.05, 0.1) is 0 Å². The van der Waals surface area contributed by atoms with Crippen LogP contribution in [0.5, 0.6) is 5.75 Å². The first-order valence-corrected chi connectivity index (χ1v) is 6.30. The Kier molecular flexibility index (Phi) is 4.24. The molecule has 0 aromatic heterocycles. The van der Waals surface area contributed by atoms with Crippen LogP contribution in [0.25, 0.3) is 0 Å². The van der Waals surface area contributed by atoms with Crippen molar-refractivity contribution in [2.45, 2.75) is 19.5 Å². The van der Waals surface area contributed by atoms with Crippen molar-refractivity contribution < 1.29 is 5.11 Å². The van der Waals surface area contributed by atoms with Crippen molar-refractivity contribution in [2.75, 3.05) is 0 Å². The minimum absolute atomic E-state index is 0.0453. The summed E-state index contributed by atoms with van der Waals surface area (Å²) < 4.78 is 0. The van der Waals surface area contributed by atoms with Gasteiger partial charge in [0.15, 0.2) is 0 Å². The zero-order chi connectivity index (χ0) is 13.0. The summed E-state index contributed by atoms with van der Waals surface area (Å²) in [6.45, 7) is 2.77. The maximum atomic E-state index is 9.80. The molecule has 0 bridgehead atoms. The second-order valence-electron chi connectivity index (χ2n) is 4.29. The summed E-state index contributed by atoms with van der Waals surface area (Å²) in [5.74, 6) is 0.271. The van der Waals surface area contributed by atoms with Gasteiger partial charge in [0, 0.05) is 23.2 Å². The predicted molar refractivity (Wildman–Crippen MR) is 74.8 cm³/mol. The lowest BCUT2D eigenvalue weighted by molar-refractivity contribution is 0.452. The topological polar surface area (TPSA) is 32.3 Å². The van der Waals surface area contributed by atoms with Crippen LogP contribution in [0.15, 0.2) is 48.5 Å². The predicted octanol–water partition coefficient (Wildman–Crippen LogP) is 3.90. The highest BCUT2D eigenvalue weighted by atomic mass is 35.5. The Morgan fingerprint density at radius 2 is 1.89 bits per heavy atom. The summed E-state index contributed by atoms with van der Waals surface area (Å²) in [6, 6.07) is 15.3. The Hall–Kier alpha value is -1.51. The Morgan fingerprint density at radius 1 is 1.17 bits per heavy atom. The monoisotopic (exact) mass is 261 g/mol. The molecule has 18 heavy (non-hydrogen) atoms. The van der Waals surface area contributed by atoms with Crippen LogP contribution in [0.2, 0.25) is 5.02 Å². The smallest absolute Gasteiger partial charge is 0.120 e. The lowest BCUT2D eigenvalue weighted by atomic mass is 10.1. The standard InChI is InChI=1S/C15H16ClNO/c1-11(14-9-13(16)7-8-15(14)18)17-10-12-5-3-2-4-6-12/h2-9,11,17-18H,10H2,1H3/t11-/m1/s1. The van der Waals surface area contributed by atoms with Gasteiger partial charge in [0.2, 0.25) is 0 Å². The Bertz CT molecular complexity index is 513. The average Bonchev–Trinajstić information content (AvgIpc) is 2.40. The maximum Gasteiger partial charge on any atom is 0.120 e. The summed E-state index contributed by atoms with van der Waals surface area (Å²) >= 11 is 5.94. The van der Waals surface area contributed by atoms with Gasteiger partial charge in [-0.1, -0.05) is 41.9 Å². The molecule has 0 spiro atoms. The van der Waals surface area contributed by atoms with Crippen molar-refractivity contribution in [1.29, 1.82) is 0 Å². The third-order valence-electron chi connectivity index (χ3n) is 2.91. The summed E-state index contributed by atoms with van der Waals surface area (Å²) in [6.07, 6.45) is 0. The molecule has 0 saturated heterocycles. The van der Waals surface area contributed by atoms with Crippen LogP contribution in [-0.4, -0.2) is 5.11 Å². The molecule has 0 heterocycles. The van der Waals surface area contributed by atoms with Crippen molar-refractivity contribution in [1.82, 2.24) is 5.32 Å². The van der Waals surface area contributed by atoms with E-state index in [1.807, 2.05) is 25.1 Å². The number of phenols is 1. The number of aromatic hydroxyl groups is 1. The van der Waals surface area contributed by atoms with Crippen LogP contribution in [0.4, 0.5) is 0 Å². The molecular formula is C15H16ClNO. The molecule has 0 aliphatic rings. The van der Waals surface area contributed by atoms with Gasteiger partial charge in [-0.3, -0.25) is 0 Å². The SMILES string of the molecule is C[C@@H](NCc1ccccc1)c1cc(Cl)ccc1O.